The van der Waals surface area contributed by atoms with Gasteiger partial charge in [0.1, 0.15) is 0 Å². The number of nitrogens with zero attached hydrogens (tertiary/aromatic N) is 1. The summed E-state index contributed by atoms with van der Waals surface area (Å²) in [5.74, 6) is 0. The highest BCUT2D eigenvalue weighted by atomic mass is 16.5. The molecule has 0 rings (SSSR count). The van der Waals surface area contributed by atoms with E-state index >= 15 is 0 Å². The van der Waals surface area contributed by atoms with Crippen LogP contribution in [0, 0.1) is 0 Å². The van der Waals surface area contributed by atoms with Gasteiger partial charge in [0.05, 0.1) is 12.6 Å². The van der Waals surface area contributed by atoms with Crippen LogP contribution < -0.4 is 0 Å². The molecule has 0 aliphatic heterocycles. The lowest BCUT2D eigenvalue weighted by Crippen LogP contribution is -2.13. The quantitative estimate of drug-likeness (QED) is 0.427. The van der Waals surface area contributed by atoms with Crippen LogP contribution in [-0.4, -0.2) is 25.8 Å². The third kappa shape index (κ3) is 4.24. The normalized spacial score (nSPS) is 12.2. The van der Waals surface area contributed by atoms with Gasteiger partial charge in [-0.2, -0.15) is 0 Å². The molecule has 0 N–H and O–H groups in total. The van der Waals surface area contributed by atoms with E-state index in [2.05, 4.69) is 11.9 Å². The van der Waals surface area contributed by atoms with Crippen LogP contribution in [0.2, 0.25) is 0 Å². The predicted molar refractivity (Wildman–Crippen MR) is 38.7 cm³/mol. The van der Waals surface area contributed by atoms with Crippen molar-refractivity contribution < 1.29 is 9.53 Å². The Labute approximate surface area is 61.1 Å². The lowest BCUT2D eigenvalue weighted by Gasteiger charge is -2.08. The largest absolute Gasteiger partial charge is 0.380 e. The first-order valence-corrected chi connectivity index (χ1v) is 3.41. The van der Waals surface area contributed by atoms with Gasteiger partial charge in [0.15, 0.2) is 0 Å². The average molecular weight is 143 g/mol. The molecule has 0 saturated heterocycles. The average Bonchev–Trinajstić information content (AvgIpc) is 1.98. The molecule has 0 aromatic rings. The van der Waals surface area contributed by atoms with Crippen LogP contribution >= 0.6 is 0 Å². The molecule has 0 aromatic heterocycles. The summed E-state index contributed by atoms with van der Waals surface area (Å²) in [7, 11) is 1.63. The van der Waals surface area contributed by atoms with Gasteiger partial charge in [-0.05, 0) is 6.42 Å². The molecule has 0 spiro atoms. The SMILES string of the molecule is CCCC(CN=C=O)OC. The van der Waals surface area contributed by atoms with Gasteiger partial charge in [-0.15, -0.1) is 0 Å². The Bertz CT molecular complexity index is 119. The first-order chi connectivity index (χ1) is 4.85. The fourth-order valence-electron chi connectivity index (χ4n) is 0.745. The van der Waals surface area contributed by atoms with Crippen LogP contribution in [0.25, 0.3) is 0 Å². The van der Waals surface area contributed by atoms with Gasteiger partial charge in [-0.1, -0.05) is 13.3 Å². The summed E-state index contributed by atoms with van der Waals surface area (Å²) in [6, 6.07) is 0. The van der Waals surface area contributed by atoms with Crippen LogP contribution in [0.4, 0.5) is 0 Å². The summed E-state index contributed by atoms with van der Waals surface area (Å²) in [5, 5.41) is 0. The highest BCUT2D eigenvalue weighted by Crippen LogP contribution is 1.99. The van der Waals surface area contributed by atoms with Crippen molar-refractivity contribution in [3.8, 4) is 0 Å². The van der Waals surface area contributed by atoms with Gasteiger partial charge in [-0.25, -0.2) is 9.79 Å². The van der Waals surface area contributed by atoms with E-state index in [4.69, 9.17) is 4.74 Å². The second kappa shape index (κ2) is 6.46. The minimum atomic E-state index is 0.0893. The molecule has 0 heterocycles. The number of hydrogen-bond acceptors (Lipinski definition) is 3. The Morgan fingerprint density at radius 3 is 2.80 bits per heavy atom. The van der Waals surface area contributed by atoms with Crippen LogP contribution in [0.1, 0.15) is 19.8 Å². The molecule has 0 radical (unpaired) electrons. The van der Waals surface area contributed by atoms with E-state index in [9.17, 15) is 4.79 Å². The zero-order valence-electron chi connectivity index (χ0n) is 6.46. The maximum Gasteiger partial charge on any atom is 0.235 e. The lowest BCUT2D eigenvalue weighted by atomic mass is 10.2. The Balaban J connectivity index is 3.48. The van der Waals surface area contributed by atoms with Crippen LogP contribution in [-0.2, 0) is 9.53 Å². The minimum Gasteiger partial charge on any atom is -0.380 e. The molecule has 0 aliphatic carbocycles. The molecule has 3 nitrogen and oxygen atoms in total. The summed E-state index contributed by atoms with van der Waals surface area (Å²) in [4.78, 5) is 13.1. The molecular weight excluding hydrogens is 130 g/mol. The number of methoxy groups -OCH3 is 1. The van der Waals surface area contributed by atoms with Gasteiger partial charge in [-0.3, -0.25) is 0 Å². The van der Waals surface area contributed by atoms with Crippen molar-refractivity contribution in [2.75, 3.05) is 13.7 Å². The smallest absolute Gasteiger partial charge is 0.235 e. The van der Waals surface area contributed by atoms with Crippen molar-refractivity contribution >= 4 is 6.08 Å². The standard InChI is InChI=1S/C7H13NO2/c1-3-4-7(10-2)5-8-6-9/h7H,3-5H2,1-2H3. The summed E-state index contributed by atoms with van der Waals surface area (Å²) in [6.45, 7) is 2.50. The van der Waals surface area contributed by atoms with Crippen molar-refractivity contribution in [2.45, 2.75) is 25.9 Å². The Kier molecular flexibility index (Phi) is 6.03. The molecule has 58 valence electrons. The zero-order chi connectivity index (χ0) is 7.82. The summed E-state index contributed by atoms with van der Waals surface area (Å²) in [5.41, 5.74) is 0. The topological polar surface area (TPSA) is 38.7 Å². The van der Waals surface area contributed by atoms with Crippen molar-refractivity contribution in [1.82, 2.24) is 0 Å². The van der Waals surface area contributed by atoms with E-state index in [1.54, 1.807) is 7.11 Å². The Morgan fingerprint density at radius 2 is 2.40 bits per heavy atom. The van der Waals surface area contributed by atoms with Crippen molar-refractivity contribution in [1.29, 1.82) is 0 Å². The van der Waals surface area contributed by atoms with E-state index in [1.165, 1.54) is 6.08 Å². The fraction of sp³-hybridized carbons (Fsp3) is 0.857. The van der Waals surface area contributed by atoms with Gasteiger partial charge >= 0.3 is 0 Å². The van der Waals surface area contributed by atoms with E-state index < -0.39 is 0 Å². The van der Waals surface area contributed by atoms with Crippen LogP contribution in [0.5, 0.6) is 0 Å². The molecule has 1 atom stereocenters. The summed E-state index contributed by atoms with van der Waals surface area (Å²) in [6.07, 6.45) is 3.57. The molecule has 3 heteroatoms. The summed E-state index contributed by atoms with van der Waals surface area (Å²) >= 11 is 0. The number of rotatable bonds is 5. The number of aliphatic imine (C=N–C) groups is 1. The van der Waals surface area contributed by atoms with E-state index in [1.807, 2.05) is 0 Å². The number of hydrogen-bond donors (Lipinski definition) is 0. The molecule has 0 bridgehead atoms. The first kappa shape index (κ1) is 9.34. The highest BCUT2D eigenvalue weighted by molar-refractivity contribution is 5.32. The minimum absolute atomic E-state index is 0.0893. The third-order valence-corrected chi connectivity index (χ3v) is 1.30. The second-order valence-corrected chi connectivity index (χ2v) is 2.08. The maximum absolute atomic E-state index is 9.68. The fourth-order valence-corrected chi connectivity index (χ4v) is 0.745. The molecular formula is C7H13NO2. The zero-order valence-corrected chi connectivity index (χ0v) is 6.46. The van der Waals surface area contributed by atoms with Crippen LogP contribution in [0.15, 0.2) is 4.99 Å². The molecule has 10 heavy (non-hydrogen) atoms. The summed E-state index contributed by atoms with van der Waals surface area (Å²) < 4.78 is 5.02. The Hall–Kier alpha value is -0.660. The molecule has 1 unspecified atom stereocenters. The first-order valence-electron chi connectivity index (χ1n) is 3.41. The molecule has 0 aliphatic rings. The van der Waals surface area contributed by atoms with Gasteiger partial charge in [0.2, 0.25) is 6.08 Å². The van der Waals surface area contributed by atoms with E-state index in [-0.39, 0.29) is 6.10 Å². The Morgan fingerprint density at radius 1 is 1.70 bits per heavy atom. The van der Waals surface area contributed by atoms with Gasteiger partial charge in [0.25, 0.3) is 0 Å². The highest BCUT2D eigenvalue weighted by Gasteiger charge is 2.02. The van der Waals surface area contributed by atoms with Crippen molar-refractivity contribution in [2.24, 2.45) is 4.99 Å². The third-order valence-electron chi connectivity index (χ3n) is 1.30. The predicted octanol–water partition coefficient (Wildman–Crippen LogP) is 1.14. The number of ether oxygens (including phenoxy) is 1. The molecule has 0 saturated carbocycles. The molecule has 0 amide bonds. The maximum atomic E-state index is 9.68. The number of carbonyl (C=O) groups excluding carboxylic acids is 1. The molecule has 0 fully saturated rings. The second-order valence-electron chi connectivity index (χ2n) is 2.08. The molecule has 0 aromatic carbocycles. The van der Waals surface area contributed by atoms with Crippen LogP contribution in [0.3, 0.4) is 0 Å². The lowest BCUT2D eigenvalue weighted by molar-refractivity contribution is 0.102. The van der Waals surface area contributed by atoms with Gasteiger partial charge < -0.3 is 4.74 Å². The number of isocyanates is 1. The monoisotopic (exact) mass is 143 g/mol. The van der Waals surface area contributed by atoms with Crippen molar-refractivity contribution in [3.05, 3.63) is 0 Å². The van der Waals surface area contributed by atoms with Crippen molar-refractivity contribution in [3.63, 3.8) is 0 Å². The van der Waals surface area contributed by atoms with E-state index in [0.717, 1.165) is 12.8 Å². The van der Waals surface area contributed by atoms with E-state index in [0.29, 0.717) is 6.54 Å². The van der Waals surface area contributed by atoms with Gasteiger partial charge in [0, 0.05) is 7.11 Å².